The van der Waals surface area contributed by atoms with Gasteiger partial charge in [-0.1, -0.05) is 17.7 Å². The SMILES string of the molecule is COc1ccc(S(=O)(=O)N2CCC(Oc3cccc(Cl)c3)CC2)cc1C. The molecule has 5 nitrogen and oxygen atoms in total. The molecule has 3 rings (SSSR count). The van der Waals surface area contributed by atoms with Crippen LogP contribution in [0.25, 0.3) is 0 Å². The Hall–Kier alpha value is -1.76. The molecule has 7 heteroatoms. The van der Waals surface area contributed by atoms with Crippen LogP contribution in [0.5, 0.6) is 11.5 Å². The summed E-state index contributed by atoms with van der Waals surface area (Å²) in [6.45, 7) is 2.69. The van der Waals surface area contributed by atoms with Crippen molar-refractivity contribution in [1.29, 1.82) is 0 Å². The van der Waals surface area contributed by atoms with Crippen LogP contribution in [-0.2, 0) is 10.0 Å². The maximum Gasteiger partial charge on any atom is 0.243 e. The second-order valence-electron chi connectivity index (χ2n) is 6.31. The second-order valence-corrected chi connectivity index (χ2v) is 8.68. The predicted octanol–water partition coefficient (Wildman–Crippen LogP) is 3.89. The molecule has 26 heavy (non-hydrogen) atoms. The van der Waals surface area contributed by atoms with E-state index in [2.05, 4.69) is 0 Å². The standard InChI is InChI=1S/C19H22ClNO4S/c1-14-12-18(6-7-19(14)24-2)26(22,23)21-10-8-16(9-11-21)25-17-5-3-4-15(20)13-17/h3-7,12-13,16H,8-11H2,1-2H3. The Labute approximate surface area is 159 Å². The van der Waals surface area contributed by atoms with E-state index in [1.165, 1.54) is 4.31 Å². The van der Waals surface area contributed by atoms with Crippen molar-refractivity contribution >= 4 is 21.6 Å². The number of aryl methyl sites for hydroxylation is 1. The summed E-state index contributed by atoms with van der Waals surface area (Å²) in [5.74, 6) is 1.39. The molecule has 0 aliphatic carbocycles. The summed E-state index contributed by atoms with van der Waals surface area (Å²) in [4.78, 5) is 0.296. The highest BCUT2D eigenvalue weighted by Gasteiger charge is 2.30. The molecular weight excluding hydrogens is 374 g/mol. The van der Waals surface area contributed by atoms with Gasteiger partial charge in [-0.15, -0.1) is 0 Å². The third kappa shape index (κ3) is 4.14. The number of benzene rings is 2. The molecule has 0 saturated carbocycles. The third-order valence-corrected chi connectivity index (χ3v) is 6.63. The Morgan fingerprint density at radius 1 is 1.12 bits per heavy atom. The number of hydrogen-bond acceptors (Lipinski definition) is 4. The van der Waals surface area contributed by atoms with Gasteiger partial charge in [-0.3, -0.25) is 0 Å². The summed E-state index contributed by atoms with van der Waals surface area (Å²) in [6, 6.07) is 12.2. The quantitative estimate of drug-likeness (QED) is 0.770. The van der Waals surface area contributed by atoms with Gasteiger partial charge in [0.15, 0.2) is 0 Å². The van der Waals surface area contributed by atoms with Crippen LogP contribution in [0.3, 0.4) is 0 Å². The van der Waals surface area contributed by atoms with E-state index in [1.807, 2.05) is 19.1 Å². The molecule has 0 unspecified atom stereocenters. The Balaban J connectivity index is 1.66. The van der Waals surface area contributed by atoms with Crippen LogP contribution >= 0.6 is 11.6 Å². The lowest BCUT2D eigenvalue weighted by Crippen LogP contribution is -2.41. The average molecular weight is 396 g/mol. The fourth-order valence-corrected chi connectivity index (χ4v) is 4.82. The fraction of sp³-hybridized carbons (Fsp3) is 0.368. The van der Waals surface area contributed by atoms with Crippen molar-refractivity contribution in [2.45, 2.75) is 30.8 Å². The zero-order chi connectivity index (χ0) is 18.7. The molecule has 1 fully saturated rings. The van der Waals surface area contributed by atoms with E-state index >= 15 is 0 Å². The van der Waals surface area contributed by atoms with Crippen molar-refractivity contribution < 1.29 is 17.9 Å². The molecule has 0 atom stereocenters. The lowest BCUT2D eigenvalue weighted by Gasteiger charge is -2.31. The van der Waals surface area contributed by atoms with Gasteiger partial charge in [0.25, 0.3) is 0 Å². The van der Waals surface area contributed by atoms with Crippen molar-refractivity contribution in [2.75, 3.05) is 20.2 Å². The molecule has 140 valence electrons. The van der Waals surface area contributed by atoms with Crippen LogP contribution in [0.1, 0.15) is 18.4 Å². The van der Waals surface area contributed by atoms with E-state index in [1.54, 1.807) is 37.4 Å². The Morgan fingerprint density at radius 3 is 2.46 bits per heavy atom. The molecular formula is C19H22ClNO4S. The second kappa shape index (κ2) is 7.86. The third-order valence-electron chi connectivity index (χ3n) is 4.50. The number of sulfonamides is 1. The smallest absolute Gasteiger partial charge is 0.243 e. The normalized spacial score (nSPS) is 16.4. The summed E-state index contributed by atoms with van der Waals surface area (Å²) in [6.07, 6.45) is 1.26. The fourth-order valence-electron chi connectivity index (χ4n) is 3.08. The van der Waals surface area contributed by atoms with E-state index in [0.717, 1.165) is 5.56 Å². The van der Waals surface area contributed by atoms with Gasteiger partial charge in [0.1, 0.15) is 17.6 Å². The molecule has 1 saturated heterocycles. The Bertz CT molecular complexity index is 877. The first kappa shape index (κ1) is 19.0. The highest BCUT2D eigenvalue weighted by atomic mass is 35.5. The molecule has 1 aliphatic rings. The Kier molecular flexibility index (Phi) is 5.75. The lowest BCUT2D eigenvalue weighted by atomic mass is 10.1. The molecule has 1 aliphatic heterocycles. The largest absolute Gasteiger partial charge is 0.496 e. The number of rotatable bonds is 5. The highest BCUT2D eigenvalue weighted by Crippen LogP contribution is 2.27. The first-order valence-corrected chi connectivity index (χ1v) is 10.3. The van der Waals surface area contributed by atoms with Crippen molar-refractivity contribution in [2.24, 2.45) is 0 Å². The minimum atomic E-state index is -3.51. The monoisotopic (exact) mass is 395 g/mol. The van der Waals surface area contributed by atoms with E-state index in [-0.39, 0.29) is 6.10 Å². The predicted molar refractivity (Wildman–Crippen MR) is 102 cm³/mol. The van der Waals surface area contributed by atoms with Crippen LogP contribution in [-0.4, -0.2) is 39.0 Å². The van der Waals surface area contributed by atoms with Crippen molar-refractivity contribution in [1.82, 2.24) is 4.31 Å². The number of ether oxygens (including phenoxy) is 2. The van der Waals surface area contributed by atoms with Gasteiger partial charge in [0.05, 0.1) is 12.0 Å². The van der Waals surface area contributed by atoms with Crippen molar-refractivity contribution in [3.8, 4) is 11.5 Å². The van der Waals surface area contributed by atoms with Gasteiger partial charge in [-0.2, -0.15) is 4.31 Å². The summed E-state index contributed by atoms with van der Waals surface area (Å²) >= 11 is 5.97. The van der Waals surface area contributed by atoms with Crippen LogP contribution in [0.4, 0.5) is 0 Å². The Morgan fingerprint density at radius 2 is 1.85 bits per heavy atom. The first-order chi connectivity index (χ1) is 12.4. The molecule has 2 aromatic carbocycles. The molecule has 0 amide bonds. The highest BCUT2D eigenvalue weighted by molar-refractivity contribution is 7.89. The minimum absolute atomic E-state index is 0.0162. The van der Waals surface area contributed by atoms with Gasteiger partial charge in [-0.25, -0.2) is 8.42 Å². The zero-order valence-corrected chi connectivity index (χ0v) is 16.4. The van der Waals surface area contributed by atoms with E-state index in [9.17, 15) is 8.42 Å². The number of methoxy groups -OCH3 is 1. The number of halogens is 1. The van der Waals surface area contributed by atoms with Crippen LogP contribution in [0.15, 0.2) is 47.4 Å². The van der Waals surface area contributed by atoms with E-state index < -0.39 is 10.0 Å². The first-order valence-electron chi connectivity index (χ1n) is 8.47. The van der Waals surface area contributed by atoms with Crippen LogP contribution in [0, 0.1) is 6.92 Å². The van der Waals surface area contributed by atoms with Gasteiger partial charge >= 0.3 is 0 Å². The van der Waals surface area contributed by atoms with Gasteiger partial charge in [0, 0.05) is 18.1 Å². The number of hydrogen-bond donors (Lipinski definition) is 0. The molecule has 2 aromatic rings. The molecule has 0 radical (unpaired) electrons. The summed E-state index contributed by atoms with van der Waals surface area (Å²) in [5.41, 5.74) is 0.799. The van der Waals surface area contributed by atoms with Crippen LogP contribution in [0.2, 0.25) is 5.02 Å². The molecule has 0 aromatic heterocycles. The van der Waals surface area contributed by atoms with E-state index in [4.69, 9.17) is 21.1 Å². The van der Waals surface area contributed by atoms with Crippen molar-refractivity contribution in [3.63, 3.8) is 0 Å². The average Bonchev–Trinajstić information content (AvgIpc) is 2.62. The molecule has 0 bridgehead atoms. The summed E-state index contributed by atoms with van der Waals surface area (Å²) in [5, 5.41) is 0.623. The minimum Gasteiger partial charge on any atom is -0.496 e. The summed E-state index contributed by atoms with van der Waals surface area (Å²) in [7, 11) is -1.94. The zero-order valence-electron chi connectivity index (χ0n) is 14.8. The van der Waals surface area contributed by atoms with E-state index in [0.29, 0.717) is 47.3 Å². The number of piperidine rings is 1. The maximum atomic E-state index is 12.9. The number of nitrogens with zero attached hydrogens (tertiary/aromatic N) is 1. The van der Waals surface area contributed by atoms with Crippen LogP contribution < -0.4 is 9.47 Å². The molecule has 0 spiro atoms. The van der Waals surface area contributed by atoms with Gasteiger partial charge in [-0.05, 0) is 61.7 Å². The molecule has 1 heterocycles. The maximum absolute atomic E-state index is 12.9. The lowest BCUT2D eigenvalue weighted by molar-refractivity contribution is 0.135. The topological polar surface area (TPSA) is 55.8 Å². The van der Waals surface area contributed by atoms with Gasteiger partial charge < -0.3 is 9.47 Å². The van der Waals surface area contributed by atoms with Gasteiger partial charge in [0.2, 0.25) is 10.0 Å². The van der Waals surface area contributed by atoms with Crippen molar-refractivity contribution in [3.05, 3.63) is 53.1 Å². The summed E-state index contributed by atoms with van der Waals surface area (Å²) < 4.78 is 38.4. The molecule has 0 N–H and O–H groups in total.